The maximum atomic E-state index is 5.46. The number of aromatic nitrogens is 2. The lowest BCUT2D eigenvalue weighted by Crippen LogP contribution is -1.94. The van der Waals surface area contributed by atoms with Gasteiger partial charge in [-0.15, -0.1) is 0 Å². The summed E-state index contributed by atoms with van der Waals surface area (Å²) >= 11 is 4.83. The van der Waals surface area contributed by atoms with E-state index in [4.69, 9.17) is 18.0 Å². The molecule has 0 aromatic carbocycles. The van der Waals surface area contributed by atoms with Gasteiger partial charge in [0.2, 0.25) is 0 Å². The molecule has 0 aliphatic rings. The third-order valence-corrected chi connectivity index (χ3v) is 1.54. The second-order valence-corrected chi connectivity index (χ2v) is 2.13. The Morgan fingerprint density at radius 1 is 1.78 bits per heavy atom. The van der Waals surface area contributed by atoms with Gasteiger partial charge in [-0.2, -0.15) is 0 Å². The molecule has 1 aromatic heterocycles. The fraction of sp³-hybridized carbons (Fsp3) is 0.200. The Morgan fingerprint density at radius 2 is 2.44 bits per heavy atom. The molecule has 1 rings (SSSR count). The van der Waals surface area contributed by atoms with Gasteiger partial charge in [-0.3, -0.25) is 0 Å². The van der Waals surface area contributed by atoms with Crippen molar-refractivity contribution in [3.8, 4) is 0 Å². The van der Waals surface area contributed by atoms with Gasteiger partial charge >= 0.3 is 0 Å². The van der Waals surface area contributed by atoms with E-state index in [1.165, 1.54) is 6.33 Å². The number of aromatic amines is 1. The molecule has 0 fully saturated rings. The normalized spacial score (nSPS) is 9.44. The first kappa shape index (κ1) is 6.22. The van der Waals surface area contributed by atoms with Gasteiger partial charge in [-0.25, -0.2) is 4.98 Å². The van der Waals surface area contributed by atoms with Crippen LogP contribution in [-0.2, 0) is 0 Å². The molecule has 0 radical (unpaired) electrons. The Balaban J connectivity index is 3.43. The van der Waals surface area contributed by atoms with E-state index in [0.717, 1.165) is 5.56 Å². The van der Waals surface area contributed by atoms with Crippen LogP contribution in [0.5, 0.6) is 0 Å². The fourth-order valence-corrected chi connectivity index (χ4v) is 0.643. The van der Waals surface area contributed by atoms with E-state index in [1.54, 1.807) is 0 Å². The molecule has 48 valence electrons. The number of nitrogens with one attached hydrogen (secondary N) is 1. The molecule has 4 heteroatoms. The molecule has 3 N–H and O–H groups in total. The standard InChI is InChI=1S/C5H7N3S/c1-3-4(6)7-2-8-5(3)9/h2H,1H3,(H3,6,7,8,9). The molecule has 0 bridgehead atoms. The minimum atomic E-state index is 0.561. The van der Waals surface area contributed by atoms with E-state index in [2.05, 4.69) is 9.97 Å². The molecular formula is C5H7N3S. The van der Waals surface area contributed by atoms with Crippen molar-refractivity contribution in [3.05, 3.63) is 16.5 Å². The topological polar surface area (TPSA) is 54.7 Å². The second kappa shape index (κ2) is 2.14. The summed E-state index contributed by atoms with van der Waals surface area (Å²) in [5.74, 6) is 0.593. The van der Waals surface area contributed by atoms with E-state index in [1.807, 2.05) is 6.92 Å². The van der Waals surface area contributed by atoms with Crippen LogP contribution in [0.4, 0.5) is 5.82 Å². The van der Waals surface area contributed by atoms with Gasteiger partial charge in [0, 0.05) is 5.56 Å². The van der Waals surface area contributed by atoms with Crippen LogP contribution in [0, 0.1) is 11.6 Å². The molecule has 3 nitrogen and oxygen atoms in total. The van der Waals surface area contributed by atoms with Crippen molar-refractivity contribution in [3.63, 3.8) is 0 Å². The van der Waals surface area contributed by atoms with E-state index in [-0.39, 0.29) is 0 Å². The molecule has 0 amide bonds. The molecule has 0 atom stereocenters. The molecule has 0 unspecified atom stereocenters. The highest BCUT2D eigenvalue weighted by atomic mass is 32.1. The molecule has 0 spiro atoms. The Bertz CT molecular complexity index is 265. The average Bonchev–Trinajstić information content (AvgIpc) is 1.83. The Morgan fingerprint density at radius 3 is 2.89 bits per heavy atom. The SMILES string of the molecule is Cc1c(N)[nH]cnc1=S. The summed E-state index contributed by atoms with van der Waals surface area (Å²) in [6.45, 7) is 1.83. The number of hydrogen-bond donors (Lipinski definition) is 2. The van der Waals surface area contributed by atoms with Crippen LogP contribution in [0.25, 0.3) is 0 Å². The van der Waals surface area contributed by atoms with Crippen LogP contribution in [0.2, 0.25) is 0 Å². The summed E-state index contributed by atoms with van der Waals surface area (Å²) in [4.78, 5) is 6.56. The molecule has 1 heterocycles. The highest BCUT2D eigenvalue weighted by molar-refractivity contribution is 7.71. The van der Waals surface area contributed by atoms with E-state index < -0.39 is 0 Å². The van der Waals surface area contributed by atoms with E-state index in [9.17, 15) is 0 Å². The number of nitrogens with two attached hydrogens (primary N) is 1. The summed E-state index contributed by atoms with van der Waals surface area (Å²) < 4.78 is 0.561. The van der Waals surface area contributed by atoms with Crippen LogP contribution >= 0.6 is 12.2 Å². The highest BCUT2D eigenvalue weighted by Crippen LogP contribution is 2.03. The second-order valence-electron chi connectivity index (χ2n) is 1.75. The number of H-pyrrole nitrogens is 1. The maximum absolute atomic E-state index is 5.46. The summed E-state index contributed by atoms with van der Waals surface area (Å²) in [5.41, 5.74) is 6.30. The van der Waals surface area contributed by atoms with Crippen molar-refractivity contribution < 1.29 is 0 Å². The zero-order chi connectivity index (χ0) is 6.85. The molecule has 0 aliphatic carbocycles. The van der Waals surface area contributed by atoms with Crippen molar-refractivity contribution in [2.75, 3.05) is 5.73 Å². The molecule has 1 aromatic rings. The van der Waals surface area contributed by atoms with Gasteiger partial charge in [-0.1, -0.05) is 12.2 Å². The highest BCUT2D eigenvalue weighted by Gasteiger charge is 1.91. The third kappa shape index (κ3) is 1.08. The summed E-state index contributed by atoms with van der Waals surface area (Å²) in [7, 11) is 0. The van der Waals surface area contributed by atoms with Crippen LogP contribution in [0.3, 0.4) is 0 Å². The quantitative estimate of drug-likeness (QED) is 0.530. The summed E-state index contributed by atoms with van der Waals surface area (Å²) in [6, 6.07) is 0. The van der Waals surface area contributed by atoms with Gasteiger partial charge in [0.25, 0.3) is 0 Å². The first-order valence-corrected chi connectivity index (χ1v) is 2.92. The number of nitrogens with zero attached hydrogens (tertiary/aromatic N) is 1. The maximum Gasteiger partial charge on any atom is 0.134 e. The number of nitrogen functional groups attached to an aromatic ring is 1. The smallest absolute Gasteiger partial charge is 0.134 e. The Hall–Kier alpha value is -0.900. The predicted molar refractivity (Wildman–Crippen MR) is 38.6 cm³/mol. The molecular weight excluding hydrogens is 134 g/mol. The van der Waals surface area contributed by atoms with Crippen molar-refractivity contribution >= 4 is 18.0 Å². The molecule has 0 saturated heterocycles. The van der Waals surface area contributed by atoms with Crippen molar-refractivity contribution in [2.45, 2.75) is 6.92 Å². The van der Waals surface area contributed by atoms with Crippen LogP contribution in [-0.4, -0.2) is 9.97 Å². The Labute approximate surface area is 57.9 Å². The van der Waals surface area contributed by atoms with Gasteiger partial charge in [-0.05, 0) is 6.92 Å². The first-order valence-electron chi connectivity index (χ1n) is 2.51. The van der Waals surface area contributed by atoms with Crippen LogP contribution in [0.15, 0.2) is 6.33 Å². The number of rotatable bonds is 0. The zero-order valence-corrected chi connectivity index (χ0v) is 5.83. The van der Waals surface area contributed by atoms with E-state index >= 15 is 0 Å². The van der Waals surface area contributed by atoms with Crippen LogP contribution in [0.1, 0.15) is 5.56 Å². The largest absolute Gasteiger partial charge is 0.385 e. The lowest BCUT2D eigenvalue weighted by Gasteiger charge is -1.95. The third-order valence-electron chi connectivity index (χ3n) is 1.13. The Kier molecular flexibility index (Phi) is 1.48. The van der Waals surface area contributed by atoms with Crippen molar-refractivity contribution in [1.29, 1.82) is 0 Å². The van der Waals surface area contributed by atoms with Gasteiger partial charge < -0.3 is 10.7 Å². The van der Waals surface area contributed by atoms with E-state index in [0.29, 0.717) is 10.5 Å². The number of hydrogen-bond acceptors (Lipinski definition) is 3. The lowest BCUT2D eigenvalue weighted by molar-refractivity contribution is 1.12. The minimum absolute atomic E-state index is 0.561. The molecule has 0 aliphatic heterocycles. The van der Waals surface area contributed by atoms with Gasteiger partial charge in [0.1, 0.15) is 10.5 Å². The summed E-state index contributed by atoms with van der Waals surface area (Å²) in [6.07, 6.45) is 1.49. The predicted octanol–water partition coefficient (Wildman–Crippen LogP) is 1.03. The van der Waals surface area contributed by atoms with Gasteiger partial charge in [0.05, 0.1) is 6.33 Å². The van der Waals surface area contributed by atoms with Gasteiger partial charge in [0.15, 0.2) is 0 Å². The minimum Gasteiger partial charge on any atom is -0.385 e. The monoisotopic (exact) mass is 141 g/mol. The fourth-order valence-electron chi connectivity index (χ4n) is 0.481. The molecule has 9 heavy (non-hydrogen) atoms. The average molecular weight is 141 g/mol. The van der Waals surface area contributed by atoms with Crippen molar-refractivity contribution in [1.82, 2.24) is 9.97 Å². The number of anilines is 1. The first-order chi connectivity index (χ1) is 4.22. The van der Waals surface area contributed by atoms with Crippen molar-refractivity contribution in [2.24, 2.45) is 0 Å². The molecule has 0 saturated carbocycles. The lowest BCUT2D eigenvalue weighted by atomic mass is 10.4. The summed E-state index contributed by atoms with van der Waals surface area (Å²) in [5, 5.41) is 0. The zero-order valence-electron chi connectivity index (χ0n) is 5.01. The van der Waals surface area contributed by atoms with Crippen LogP contribution < -0.4 is 5.73 Å².